The number of nitrogen functional groups attached to an aromatic ring is 1. The average Bonchev–Trinajstić information content (AvgIpc) is 3.60. The molecule has 1 fully saturated rings. The first-order chi connectivity index (χ1) is 18.9. The van der Waals surface area contributed by atoms with Gasteiger partial charge in [-0.1, -0.05) is 6.07 Å². The SMILES string of the molecule is Cn1ccc(-c2ccc(-c3cnn4c(N)c(C=O)c(C5CCN(C(=O)c6ncccc6O)CC5)nc34)cn2)c1. The third kappa shape index (κ3) is 4.27. The Morgan fingerprint density at radius 1 is 1.10 bits per heavy atom. The van der Waals surface area contributed by atoms with Gasteiger partial charge in [-0.25, -0.2) is 9.97 Å². The molecule has 1 saturated heterocycles. The zero-order chi connectivity index (χ0) is 27.1. The van der Waals surface area contributed by atoms with E-state index in [1.165, 1.54) is 16.8 Å². The minimum atomic E-state index is -0.324. The second kappa shape index (κ2) is 9.67. The number of amides is 1. The number of aromatic hydroxyl groups is 1. The molecule has 0 atom stereocenters. The number of carbonyl (C=O) groups excluding carboxylic acids is 2. The van der Waals surface area contributed by atoms with Crippen LogP contribution >= 0.6 is 0 Å². The molecule has 39 heavy (non-hydrogen) atoms. The predicted octanol–water partition coefficient (Wildman–Crippen LogP) is 3.31. The van der Waals surface area contributed by atoms with Crippen molar-refractivity contribution < 1.29 is 14.7 Å². The molecule has 6 rings (SSSR count). The number of carbonyl (C=O) groups is 2. The molecule has 196 valence electrons. The fourth-order valence-electron chi connectivity index (χ4n) is 5.13. The quantitative estimate of drug-likeness (QED) is 0.335. The molecule has 3 N–H and O–H groups in total. The van der Waals surface area contributed by atoms with Gasteiger partial charge in [0, 0.05) is 67.5 Å². The Bertz CT molecular complexity index is 1700. The van der Waals surface area contributed by atoms with Crippen molar-refractivity contribution in [3.05, 3.63) is 78.3 Å². The van der Waals surface area contributed by atoms with E-state index in [4.69, 9.17) is 10.7 Å². The molecule has 11 nitrogen and oxygen atoms in total. The van der Waals surface area contributed by atoms with Crippen molar-refractivity contribution in [2.75, 3.05) is 18.8 Å². The minimum absolute atomic E-state index is 0.0316. The van der Waals surface area contributed by atoms with Crippen LogP contribution in [0, 0.1) is 0 Å². The number of rotatable bonds is 5. The highest BCUT2D eigenvalue weighted by Crippen LogP contribution is 2.34. The Balaban J connectivity index is 1.30. The fourth-order valence-corrected chi connectivity index (χ4v) is 5.13. The summed E-state index contributed by atoms with van der Waals surface area (Å²) in [6.07, 6.45) is 10.8. The van der Waals surface area contributed by atoms with Gasteiger partial charge in [-0.05, 0) is 37.1 Å². The van der Waals surface area contributed by atoms with Gasteiger partial charge in [0.25, 0.3) is 5.91 Å². The summed E-state index contributed by atoms with van der Waals surface area (Å²) in [6, 6.07) is 8.94. The number of aldehydes is 1. The third-order valence-electron chi connectivity index (χ3n) is 7.23. The maximum absolute atomic E-state index is 12.9. The van der Waals surface area contributed by atoms with Crippen LogP contribution in [0.3, 0.4) is 0 Å². The molecule has 5 aromatic heterocycles. The molecule has 0 radical (unpaired) electrons. The summed E-state index contributed by atoms with van der Waals surface area (Å²) >= 11 is 0. The van der Waals surface area contributed by atoms with Gasteiger partial charge in [0.2, 0.25) is 0 Å². The van der Waals surface area contributed by atoms with Crippen LogP contribution < -0.4 is 5.73 Å². The summed E-state index contributed by atoms with van der Waals surface area (Å²) in [6.45, 7) is 0.864. The number of fused-ring (bicyclic) bond motifs is 1. The van der Waals surface area contributed by atoms with Crippen molar-refractivity contribution in [2.24, 2.45) is 7.05 Å². The number of nitrogens with zero attached hydrogens (tertiary/aromatic N) is 7. The lowest BCUT2D eigenvalue weighted by atomic mass is 9.90. The number of piperidine rings is 1. The van der Waals surface area contributed by atoms with Crippen molar-refractivity contribution in [2.45, 2.75) is 18.8 Å². The summed E-state index contributed by atoms with van der Waals surface area (Å²) in [5.74, 6) is -0.329. The highest BCUT2D eigenvalue weighted by molar-refractivity contribution is 5.95. The molecular formula is C28H26N8O3. The minimum Gasteiger partial charge on any atom is -0.505 e. The van der Waals surface area contributed by atoms with E-state index >= 15 is 0 Å². The molecule has 0 unspecified atom stereocenters. The molecule has 5 aromatic rings. The number of pyridine rings is 2. The van der Waals surface area contributed by atoms with Crippen LogP contribution in [0.2, 0.25) is 0 Å². The maximum Gasteiger partial charge on any atom is 0.276 e. The number of anilines is 1. The molecule has 0 bridgehead atoms. The van der Waals surface area contributed by atoms with Crippen LogP contribution in [0.4, 0.5) is 5.82 Å². The largest absolute Gasteiger partial charge is 0.505 e. The zero-order valence-electron chi connectivity index (χ0n) is 21.2. The molecule has 0 saturated carbocycles. The number of hydrogen-bond donors (Lipinski definition) is 2. The standard InChI is InChI=1S/C28H26N8O3/c1-34-10-6-19(15-34)22-5-4-18(13-31-22)20-14-32-36-26(29)21(16-37)24(33-27(20)36)17-7-11-35(12-8-17)28(39)25-23(38)3-2-9-30-25/h2-6,9-10,13-17,38H,7-8,11-12,29H2,1H3. The van der Waals surface area contributed by atoms with E-state index in [2.05, 4.69) is 15.1 Å². The summed E-state index contributed by atoms with van der Waals surface area (Å²) in [5.41, 5.74) is 11.3. The lowest BCUT2D eigenvalue weighted by Crippen LogP contribution is -2.38. The van der Waals surface area contributed by atoms with Crippen molar-refractivity contribution in [1.29, 1.82) is 0 Å². The smallest absolute Gasteiger partial charge is 0.276 e. The predicted molar refractivity (Wildman–Crippen MR) is 144 cm³/mol. The molecule has 0 spiro atoms. The zero-order valence-corrected chi connectivity index (χ0v) is 21.2. The summed E-state index contributed by atoms with van der Waals surface area (Å²) in [7, 11) is 1.96. The van der Waals surface area contributed by atoms with Crippen LogP contribution in [0.1, 0.15) is 45.3 Å². The van der Waals surface area contributed by atoms with E-state index in [1.807, 2.05) is 42.2 Å². The normalized spacial score (nSPS) is 14.1. The Labute approximate surface area is 223 Å². The van der Waals surface area contributed by atoms with Crippen molar-refractivity contribution in [3.8, 4) is 28.1 Å². The highest BCUT2D eigenvalue weighted by Gasteiger charge is 2.30. The van der Waals surface area contributed by atoms with Gasteiger partial charge >= 0.3 is 0 Å². The number of hydrogen-bond acceptors (Lipinski definition) is 8. The highest BCUT2D eigenvalue weighted by atomic mass is 16.3. The molecule has 1 amide bonds. The first-order valence-electron chi connectivity index (χ1n) is 12.6. The van der Waals surface area contributed by atoms with E-state index in [0.29, 0.717) is 42.8 Å². The third-order valence-corrected chi connectivity index (χ3v) is 7.23. The maximum atomic E-state index is 12.9. The molecular weight excluding hydrogens is 496 g/mol. The van der Waals surface area contributed by atoms with Crippen LogP contribution in [0.25, 0.3) is 28.0 Å². The first-order valence-corrected chi connectivity index (χ1v) is 12.6. The van der Waals surface area contributed by atoms with Gasteiger partial charge in [0.05, 0.1) is 23.1 Å². The van der Waals surface area contributed by atoms with Gasteiger partial charge in [-0.2, -0.15) is 9.61 Å². The van der Waals surface area contributed by atoms with E-state index in [-0.39, 0.29) is 29.1 Å². The lowest BCUT2D eigenvalue weighted by Gasteiger charge is -2.32. The van der Waals surface area contributed by atoms with Crippen molar-refractivity contribution >= 4 is 23.7 Å². The average molecular weight is 523 g/mol. The molecule has 6 heterocycles. The van der Waals surface area contributed by atoms with E-state index in [1.54, 1.807) is 23.4 Å². The summed E-state index contributed by atoms with van der Waals surface area (Å²) in [4.78, 5) is 40.2. The van der Waals surface area contributed by atoms with Crippen LogP contribution in [0.15, 0.2) is 61.3 Å². The Kier molecular flexibility index (Phi) is 6.02. The van der Waals surface area contributed by atoms with Crippen LogP contribution in [-0.2, 0) is 7.05 Å². The molecule has 11 heteroatoms. The van der Waals surface area contributed by atoms with Gasteiger partial charge < -0.3 is 20.3 Å². The Morgan fingerprint density at radius 2 is 1.92 bits per heavy atom. The van der Waals surface area contributed by atoms with Gasteiger partial charge in [-0.3, -0.25) is 14.6 Å². The number of nitrogens with two attached hydrogens (primary N) is 1. The van der Waals surface area contributed by atoms with Crippen LogP contribution in [0.5, 0.6) is 5.75 Å². The Hall–Kier alpha value is -5.06. The van der Waals surface area contributed by atoms with Gasteiger partial charge in [0.1, 0.15) is 11.6 Å². The van der Waals surface area contributed by atoms with E-state index in [0.717, 1.165) is 28.7 Å². The number of likely N-dealkylation sites (tertiary alicyclic amines) is 1. The van der Waals surface area contributed by atoms with Gasteiger partial charge in [0.15, 0.2) is 17.6 Å². The first kappa shape index (κ1) is 24.3. The van der Waals surface area contributed by atoms with Crippen molar-refractivity contribution in [1.82, 2.24) is 34.0 Å². The lowest BCUT2D eigenvalue weighted by molar-refractivity contribution is 0.0702. The molecule has 0 aromatic carbocycles. The summed E-state index contributed by atoms with van der Waals surface area (Å²) in [5, 5.41) is 14.4. The Morgan fingerprint density at radius 3 is 2.59 bits per heavy atom. The molecule has 1 aliphatic rings. The van der Waals surface area contributed by atoms with Crippen molar-refractivity contribution in [3.63, 3.8) is 0 Å². The topological polar surface area (TPSA) is 145 Å². The monoisotopic (exact) mass is 522 g/mol. The number of aromatic nitrogens is 6. The molecule has 1 aliphatic heterocycles. The van der Waals surface area contributed by atoms with Gasteiger partial charge in [-0.15, -0.1) is 0 Å². The second-order valence-corrected chi connectivity index (χ2v) is 9.64. The van der Waals surface area contributed by atoms with E-state index in [9.17, 15) is 14.7 Å². The second-order valence-electron chi connectivity index (χ2n) is 9.64. The fraction of sp³-hybridized carbons (Fsp3) is 0.214. The van der Waals surface area contributed by atoms with E-state index < -0.39 is 0 Å². The summed E-state index contributed by atoms with van der Waals surface area (Å²) < 4.78 is 3.45. The van der Waals surface area contributed by atoms with Crippen LogP contribution in [-0.4, -0.2) is 64.4 Å². The number of aryl methyl sites for hydroxylation is 1. The molecule has 0 aliphatic carbocycles.